The second-order valence-electron chi connectivity index (χ2n) is 5.46. The van der Waals surface area contributed by atoms with Gasteiger partial charge in [-0.05, 0) is 37.5 Å². The van der Waals surface area contributed by atoms with Crippen LogP contribution in [0.15, 0.2) is 24.3 Å². The van der Waals surface area contributed by atoms with E-state index in [0.717, 1.165) is 18.6 Å². The molecule has 1 N–H and O–H groups in total. The number of nitrogens with one attached hydrogen (secondary N) is 1. The van der Waals surface area contributed by atoms with Crippen molar-refractivity contribution in [3.8, 4) is 0 Å². The summed E-state index contributed by atoms with van der Waals surface area (Å²) in [5, 5.41) is 3.19. The Bertz CT molecular complexity index is 581. The van der Waals surface area contributed by atoms with Crippen molar-refractivity contribution in [2.45, 2.75) is 38.0 Å². The van der Waals surface area contributed by atoms with Crippen molar-refractivity contribution in [2.75, 3.05) is 11.5 Å². The van der Waals surface area contributed by atoms with Gasteiger partial charge in [0.15, 0.2) is 9.84 Å². The van der Waals surface area contributed by atoms with Gasteiger partial charge in [-0.15, -0.1) is 0 Å². The molecule has 0 bridgehead atoms. The van der Waals surface area contributed by atoms with E-state index in [1.807, 2.05) is 6.92 Å². The topological polar surface area (TPSA) is 46.2 Å². The summed E-state index contributed by atoms with van der Waals surface area (Å²) >= 11 is 0. The number of hydrogen-bond acceptors (Lipinski definition) is 3. The third-order valence-electron chi connectivity index (χ3n) is 3.69. The molecule has 3 nitrogen and oxygen atoms in total. The predicted octanol–water partition coefficient (Wildman–Crippen LogP) is 2.93. The first-order valence-electron chi connectivity index (χ1n) is 6.81. The van der Waals surface area contributed by atoms with Crippen molar-refractivity contribution >= 4 is 9.84 Å². The summed E-state index contributed by atoms with van der Waals surface area (Å²) in [7, 11) is -3.00. The Morgan fingerprint density at radius 1 is 1.24 bits per heavy atom. The average molecular weight is 321 g/mol. The second kappa shape index (κ2) is 5.96. The van der Waals surface area contributed by atoms with E-state index in [0.29, 0.717) is 12.0 Å². The largest absolute Gasteiger partial charge is 0.416 e. The van der Waals surface area contributed by atoms with E-state index in [-0.39, 0.29) is 23.6 Å². The van der Waals surface area contributed by atoms with Crippen molar-refractivity contribution in [3.63, 3.8) is 0 Å². The van der Waals surface area contributed by atoms with Crippen LogP contribution in [0, 0.1) is 0 Å². The first-order chi connectivity index (χ1) is 9.67. The fraction of sp³-hybridized carbons (Fsp3) is 0.571. The van der Waals surface area contributed by atoms with Crippen LogP contribution < -0.4 is 5.32 Å². The van der Waals surface area contributed by atoms with Crippen LogP contribution in [-0.2, 0) is 16.0 Å². The highest BCUT2D eigenvalue weighted by molar-refractivity contribution is 7.91. The monoisotopic (exact) mass is 321 g/mol. The van der Waals surface area contributed by atoms with Gasteiger partial charge in [-0.25, -0.2) is 8.42 Å². The van der Waals surface area contributed by atoms with E-state index in [1.54, 1.807) is 0 Å². The van der Waals surface area contributed by atoms with Crippen LogP contribution in [-0.4, -0.2) is 26.0 Å². The molecule has 1 heterocycles. The Labute approximate surface area is 122 Å². The van der Waals surface area contributed by atoms with Gasteiger partial charge < -0.3 is 5.32 Å². The Hall–Kier alpha value is -1.08. The van der Waals surface area contributed by atoms with Crippen LogP contribution in [0.25, 0.3) is 0 Å². The molecule has 1 aliphatic heterocycles. The third kappa shape index (κ3) is 4.44. The maximum absolute atomic E-state index is 12.5. The molecule has 0 aliphatic carbocycles. The smallest absolute Gasteiger partial charge is 0.306 e. The number of benzene rings is 1. The average Bonchev–Trinajstić information content (AvgIpc) is 2.36. The molecule has 0 saturated carbocycles. The summed E-state index contributed by atoms with van der Waals surface area (Å²) in [6.45, 7) is 1.82. The molecule has 0 amide bonds. The molecular weight excluding hydrogens is 303 g/mol. The Kier molecular flexibility index (Phi) is 4.63. The summed E-state index contributed by atoms with van der Waals surface area (Å²) in [4.78, 5) is 0. The molecule has 0 aromatic heterocycles. The Morgan fingerprint density at radius 3 is 2.38 bits per heavy atom. The maximum Gasteiger partial charge on any atom is 0.416 e. The minimum Gasteiger partial charge on any atom is -0.306 e. The molecule has 1 aliphatic rings. The molecule has 2 rings (SSSR count). The molecule has 0 radical (unpaired) electrons. The molecule has 118 valence electrons. The summed E-state index contributed by atoms with van der Waals surface area (Å²) in [5.74, 6) is 0.317. The van der Waals surface area contributed by atoms with Crippen molar-refractivity contribution < 1.29 is 21.6 Å². The molecule has 1 fully saturated rings. The van der Waals surface area contributed by atoms with Crippen molar-refractivity contribution in [2.24, 2.45) is 0 Å². The SMILES string of the molecule is CC(NC1CCCS(=O)(=O)C1)c1ccc(C(F)(F)F)cc1. The van der Waals surface area contributed by atoms with Gasteiger partial charge in [-0.2, -0.15) is 13.2 Å². The summed E-state index contributed by atoms with van der Waals surface area (Å²) in [6, 6.07) is 4.62. The quantitative estimate of drug-likeness (QED) is 0.931. The van der Waals surface area contributed by atoms with Gasteiger partial charge in [0.05, 0.1) is 17.1 Å². The maximum atomic E-state index is 12.5. The van der Waals surface area contributed by atoms with Gasteiger partial charge in [0, 0.05) is 12.1 Å². The normalized spacial score (nSPS) is 23.7. The van der Waals surface area contributed by atoms with E-state index in [2.05, 4.69) is 5.32 Å². The van der Waals surface area contributed by atoms with Crippen LogP contribution in [0.5, 0.6) is 0 Å². The summed E-state index contributed by atoms with van der Waals surface area (Å²) in [6.07, 6.45) is -2.95. The second-order valence-corrected chi connectivity index (χ2v) is 7.69. The summed E-state index contributed by atoms with van der Waals surface area (Å²) in [5.41, 5.74) is 0.0321. The first-order valence-corrected chi connectivity index (χ1v) is 8.63. The molecular formula is C14H18F3NO2S. The van der Waals surface area contributed by atoms with E-state index in [4.69, 9.17) is 0 Å². The highest BCUT2D eigenvalue weighted by Crippen LogP contribution is 2.30. The highest BCUT2D eigenvalue weighted by Gasteiger charge is 2.30. The lowest BCUT2D eigenvalue weighted by Gasteiger charge is -2.27. The van der Waals surface area contributed by atoms with Crippen LogP contribution in [0.2, 0.25) is 0 Å². The van der Waals surface area contributed by atoms with Gasteiger partial charge in [0.25, 0.3) is 0 Å². The lowest BCUT2D eigenvalue weighted by molar-refractivity contribution is -0.137. The molecule has 1 aromatic rings. The number of sulfone groups is 1. The fourth-order valence-corrected chi connectivity index (χ4v) is 4.21. The number of alkyl halides is 3. The summed E-state index contributed by atoms with van der Waals surface area (Å²) < 4.78 is 60.6. The van der Waals surface area contributed by atoms with E-state index < -0.39 is 21.6 Å². The molecule has 1 aromatic carbocycles. The zero-order valence-corrected chi connectivity index (χ0v) is 12.5. The predicted molar refractivity (Wildman–Crippen MR) is 74.7 cm³/mol. The molecule has 1 saturated heterocycles. The van der Waals surface area contributed by atoms with E-state index >= 15 is 0 Å². The molecule has 2 unspecified atom stereocenters. The number of rotatable bonds is 3. The zero-order valence-electron chi connectivity index (χ0n) is 11.7. The van der Waals surface area contributed by atoms with Gasteiger partial charge in [-0.1, -0.05) is 12.1 Å². The standard InChI is InChI=1S/C14H18F3NO2S/c1-10(18-13-3-2-8-21(19,20)9-13)11-4-6-12(7-5-11)14(15,16)17/h4-7,10,13,18H,2-3,8-9H2,1H3. The molecule has 21 heavy (non-hydrogen) atoms. The van der Waals surface area contributed by atoms with Crippen LogP contribution in [0.3, 0.4) is 0 Å². The Balaban J connectivity index is 2.02. The molecule has 0 spiro atoms. The van der Waals surface area contributed by atoms with Gasteiger partial charge in [-0.3, -0.25) is 0 Å². The first kappa shape index (κ1) is 16.3. The lowest BCUT2D eigenvalue weighted by atomic mass is 10.0. The van der Waals surface area contributed by atoms with Crippen molar-refractivity contribution in [1.82, 2.24) is 5.32 Å². The minimum atomic E-state index is -4.34. The van der Waals surface area contributed by atoms with Crippen molar-refractivity contribution in [1.29, 1.82) is 0 Å². The highest BCUT2D eigenvalue weighted by atomic mass is 32.2. The zero-order chi connectivity index (χ0) is 15.7. The third-order valence-corrected chi connectivity index (χ3v) is 5.51. The Morgan fingerprint density at radius 2 is 1.86 bits per heavy atom. The number of halogens is 3. The fourth-order valence-electron chi connectivity index (χ4n) is 2.56. The van der Waals surface area contributed by atoms with Gasteiger partial charge in [0.2, 0.25) is 0 Å². The minimum absolute atomic E-state index is 0.0952. The molecule has 2 atom stereocenters. The van der Waals surface area contributed by atoms with Gasteiger partial charge >= 0.3 is 6.18 Å². The van der Waals surface area contributed by atoms with Gasteiger partial charge in [0.1, 0.15) is 0 Å². The number of hydrogen-bond donors (Lipinski definition) is 1. The van der Waals surface area contributed by atoms with E-state index in [9.17, 15) is 21.6 Å². The van der Waals surface area contributed by atoms with Crippen molar-refractivity contribution in [3.05, 3.63) is 35.4 Å². The van der Waals surface area contributed by atoms with Crippen LogP contribution in [0.1, 0.15) is 36.9 Å². The van der Waals surface area contributed by atoms with Crippen LogP contribution >= 0.6 is 0 Å². The lowest BCUT2D eigenvalue weighted by Crippen LogP contribution is -2.41. The van der Waals surface area contributed by atoms with E-state index in [1.165, 1.54) is 12.1 Å². The van der Waals surface area contributed by atoms with Crippen LogP contribution in [0.4, 0.5) is 13.2 Å². The molecule has 7 heteroatoms.